The molecule has 1 unspecified atom stereocenters. The van der Waals surface area contributed by atoms with Crippen molar-refractivity contribution < 1.29 is 9.53 Å². The summed E-state index contributed by atoms with van der Waals surface area (Å²) in [7, 11) is -0.547. The molecule has 0 amide bonds. The second kappa shape index (κ2) is 9.15. The molecule has 0 bridgehead atoms. The molecular formula is C22H27O2P. The molecule has 2 nitrogen and oxygen atoms in total. The highest BCUT2D eigenvalue weighted by Crippen LogP contribution is 2.36. The number of carbonyl (C=O) groups is 1. The molecule has 3 heteroatoms. The molecule has 0 saturated heterocycles. The summed E-state index contributed by atoms with van der Waals surface area (Å²) in [5, 5.41) is 2.64. The van der Waals surface area contributed by atoms with Gasteiger partial charge in [0, 0.05) is 0 Å². The van der Waals surface area contributed by atoms with Crippen molar-refractivity contribution in [3.05, 3.63) is 60.7 Å². The second-order valence-electron chi connectivity index (χ2n) is 6.88. The minimum absolute atomic E-state index is 0.0220. The van der Waals surface area contributed by atoms with E-state index < -0.39 is 7.92 Å². The van der Waals surface area contributed by atoms with Crippen LogP contribution in [0.15, 0.2) is 60.7 Å². The summed E-state index contributed by atoms with van der Waals surface area (Å²) in [5.41, 5.74) is 0. The molecule has 1 atom stereocenters. The Morgan fingerprint density at radius 3 is 2.00 bits per heavy atom. The van der Waals surface area contributed by atoms with Gasteiger partial charge in [0.2, 0.25) is 0 Å². The van der Waals surface area contributed by atoms with E-state index in [4.69, 9.17) is 4.74 Å². The molecule has 0 heterocycles. The Labute approximate surface area is 152 Å². The lowest BCUT2D eigenvalue weighted by atomic mass is 9.98. The summed E-state index contributed by atoms with van der Waals surface area (Å²) in [5.74, 6) is -0.0975. The van der Waals surface area contributed by atoms with Gasteiger partial charge in [0.1, 0.15) is 6.10 Å². The predicted molar refractivity (Wildman–Crippen MR) is 106 cm³/mol. The monoisotopic (exact) mass is 354 g/mol. The molecule has 0 aromatic heterocycles. The lowest BCUT2D eigenvalue weighted by molar-refractivity contribution is -0.154. The van der Waals surface area contributed by atoms with Crippen molar-refractivity contribution in [1.82, 2.24) is 0 Å². The Hall–Kier alpha value is -1.66. The molecule has 0 aliphatic heterocycles. The fourth-order valence-electron chi connectivity index (χ4n) is 3.39. The lowest BCUT2D eigenvalue weighted by Gasteiger charge is -2.26. The van der Waals surface area contributed by atoms with E-state index in [-0.39, 0.29) is 18.0 Å². The van der Waals surface area contributed by atoms with Crippen LogP contribution in [-0.4, -0.2) is 18.2 Å². The van der Waals surface area contributed by atoms with Gasteiger partial charge in [-0.15, -0.1) is 0 Å². The van der Waals surface area contributed by atoms with Gasteiger partial charge in [0.15, 0.2) is 0 Å². The molecule has 25 heavy (non-hydrogen) atoms. The number of hydrogen-bond acceptors (Lipinski definition) is 2. The first-order valence-corrected chi connectivity index (χ1v) is 10.8. The van der Waals surface area contributed by atoms with E-state index in [1.165, 1.54) is 29.9 Å². The standard InChI is InChI=1S/C22H27O2P/c1-18(22(23)24-19-11-5-2-6-12-19)17-25(20-13-7-3-8-14-20)21-15-9-4-10-16-21/h3-4,7-10,13-16,18-19H,2,5-6,11-12,17H2,1H3. The van der Waals surface area contributed by atoms with Crippen LogP contribution in [0.2, 0.25) is 0 Å². The molecular weight excluding hydrogens is 327 g/mol. The van der Waals surface area contributed by atoms with Gasteiger partial charge in [-0.2, -0.15) is 0 Å². The van der Waals surface area contributed by atoms with Crippen LogP contribution >= 0.6 is 7.92 Å². The smallest absolute Gasteiger partial charge is 0.309 e. The Morgan fingerprint density at radius 1 is 0.960 bits per heavy atom. The molecule has 1 aliphatic carbocycles. The van der Waals surface area contributed by atoms with Crippen LogP contribution in [0.4, 0.5) is 0 Å². The van der Waals surface area contributed by atoms with Crippen molar-refractivity contribution in [2.24, 2.45) is 5.92 Å². The van der Waals surface area contributed by atoms with E-state index in [1.54, 1.807) is 0 Å². The average molecular weight is 354 g/mol. The molecule has 0 N–H and O–H groups in total. The third-order valence-electron chi connectivity index (χ3n) is 4.83. The first-order valence-electron chi connectivity index (χ1n) is 9.32. The van der Waals surface area contributed by atoms with Crippen molar-refractivity contribution >= 4 is 24.5 Å². The molecule has 2 aromatic carbocycles. The Bertz CT molecular complexity index is 611. The first-order chi connectivity index (χ1) is 12.2. The Kier molecular flexibility index (Phi) is 6.64. The quantitative estimate of drug-likeness (QED) is 0.558. The van der Waals surface area contributed by atoms with Gasteiger partial charge in [-0.3, -0.25) is 4.79 Å². The molecule has 1 aliphatic rings. The maximum atomic E-state index is 12.6. The summed E-state index contributed by atoms with van der Waals surface area (Å²) in [6, 6.07) is 21.1. The Morgan fingerprint density at radius 2 is 1.48 bits per heavy atom. The van der Waals surface area contributed by atoms with Gasteiger partial charge in [-0.1, -0.05) is 74.0 Å². The van der Waals surface area contributed by atoms with E-state index in [2.05, 4.69) is 48.5 Å². The summed E-state index contributed by atoms with van der Waals surface area (Å²) < 4.78 is 5.80. The molecule has 0 spiro atoms. The van der Waals surface area contributed by atoms with E-state index in [0.29, 0.717) is 0 Å². The minimum Gasteiger partial charge on any atom is -0.462 e. The minimum atomic E-state index is -0.547. The highest BCUT2D eigenvalue weighted by molar-refractivity contribution is 7.73. The van der Waals surface area contributed by atoms with E-state index in [0.717, 1.165) is 19.0 Å². The third kappa shape index (κ3) is 5.16. The van der Waals surface area contributed by atoms with Crippen LogP contribution in [0.3, 0.4) is 0 Å². The first kappa shape index (κ1) is 18.1. The van der Waals surface area contributed by atoms with Gasteiger partial charge in [0.25, 0.3) is 0 Å². The zero-order chi connectivity index (χ0) is 17.5. The summed E-state index contributed by atoms with van der Waals surface area (Å²) in [6.07, 6.45) is 6.70. The van der Waals surface area contributed by atoms with Crippen LogP contribution < -0.4 is 10.6 Å². The third-order valence-corrected chi connectivity index (χ3v) is 7.59. The van der Waals surface area contributed by atoms with Gasteiger partial charge in [-0.25, -0.2) is 0 Å². The number of carbonyl (C=O) groups excluding carboxylic acids is 1. The molecule has 1 saturated carbocycles. The fraction of sp³-hybridized carbons (Fsp3) is 0.409. The van der Waals surface area contributed by atoms with Crippen LogP contribution in [0, 0.1) is 5.92 Å². The maximum absolute atomic E-state index is 12.6. The molecule has 0 radical (unpaired) electrons. The molecule has 2 aromatic rings. The predicted octanol–water partition coefficient (Wildman–Crippen LogP) is 4.63. The van der Waals surface area contributed by atoms with Crippen molar-refractivity contribution in [3.63, 3.8) is 0 Å². The lowest BCUT2D eigenvalue weighted by Crippen LogP contribution is -2.28. The zero-order valence-electron chi connectivity index (χ0n) is 14.9. The normalized spacial score (nSPS) is 16.6. The Balaban J connectivity index is 1.70. The highest BCUT2D eigenvalue weighted by atomic mass is 31.1. The largest absolute Gasteiger partial charge is 0.462 e. The number of hydrogen-bond donors (Lipinski definition) is 0. The van der Waals surface area contributed by atoms with Crippen LogP contribution in [0.1, 0.15) is 39.0 Å². The number of benzene rings is 2. The van der Waals surface area contributed by atoms with Crippen molar-refractivity contribution in [1.29, 1.82) is 0 Å². The van der Waals surface area contributed by atoms with E-state index in [1.807, 2.05) is 19.1 Å². The van der Waals surface area contributed by atoms with E-state index >= 15 is 0 Å². The number of ether oxygens (including phenoxy) is 1. The van der Waals surface area contributed by atoms with Crippen molar-refractivity contribution in [2.45, 2.75) is 45.1 Å². The highest BCUT2D eigenvalue weighted by Gasteiger charge is 2.25. The summed E-state index contributed by atoms with van der Waals surface area (Å²) >= 11 is 0. The van der Waals surface area contributed by atoms with Gasteiger partial charge in [0.05, 0.1) is 5.92 Å². The van der Waals surface area contributed by atoms with Crippen LogP contribution in [-0.2, 0) is 9.53 Å². The summed E-state index contributed by atoms with van der Waals surface area (Å²) in [6.45, 7) is 2.02. The van der Waals surface area contributed by atoms with Crippen LogP contribution in [0.5, 0.6) is 0 Å². The SMILES string of the molecule is CC(CP(c1ccccc1)c1ccccc1)C(=O)OC1CCCCC1. The second-order valence-corrected chi connectivity index (χ2v) is 9.13. The topological polar surface area (TPSA) is 26.3 Å². The van der Waals surface area contributed by atoms with Gasteiger partial charge >= 0.3 is 5.97 Å². The molecule has 1 fully saturated rings. The average Bonchev–Trinajstić information content (AvgIpc) is 2.68. The van der Waals surface area contributed by atoms with Crippen molar-refractivity contribution in [2.75, 3.05) is 6.16 Å². The maximum Gasteiger partial charge on any atom is 0.309 e. The number of esters is 1. The molecule has 132 valence electrons. The zero-order valence-corrected chi connectivity index (χ0v) is 15.8. The fourth-order valence-corrected chi connectivity index (χ4v) is 5.87. The van der Waals surface area contributed by atoms with E-state index in [9.17, 15) is 4.79 Å². The van der Waals surface area contributed by atoms with Crippen molar-refractivity contribution in [3.8, 4) is 0 Å². The van der Waals surface area contributed by atoms with Gasteiger partial charge < -0.3 is 4.74 Å². The summed E-state index contributed by atoms with van der Waals surface area (Å²) in [4.78, 5) is 12.6. The van der Waals surface area contributed by atoms with Crippen LogP contribution in [0.25, 0.3) is 0 Å². The number of rotatable bonds is 6. The molecule has 3 rings (SSSR count). The van der Waals surface area contributed by atoms with Gasteiger partial charge in [-0.05, 0) is 50.4 Å².